The number of phenols is 1. The number of hydrogen-bond donors (Lipinski definition) is 1. The Hall–Kier alpha value is -1.35. The van der Waals surface area contributed by atoms with Crippen LogP contribution in [0.3, 0.4) is 0 Å². The lowest BCUT2D eigenvalue weighted by Gasteiger charge is -2.02. The first-order valence-corrected chi connectivity index (χ1v) is 5.52. The fourth-order valence-electron chi connectivity index (χ4n) is 1.13. The average Bonchev–Trinajstić information content (AvgIpc) is 2.27. The summed E-state index contributed by atoms with van der Waals surface area (Å²) in [5.74, 6) is -0.128. The molecule has 0 atom stereocenters. The summed E-state index contributed by atoms with van der Waals surface area (Å²) in [4.78, 5) is 11.4. The predicted molar refractivity (Wildman–Crippen MR) is 65.5 cm³/mol. The second-order valence-corrected chi connectivity index (χ2v) is 3.49. The zero-order valence-corrected chi connectivity index (χ0v) is 9.70. The molecule has 0 aliphatic rings. The molecule has 0 fully saturated rings. The topological polar surface area (TPSA) is 37.3 Å². The molecule has 1 aromatic rings. The lowest BCUT2D eigenvalue weighted by atomic mass is 10.1. The maximum atomic E-state index is 11.4. The summed E-state index contributed by atoms with van der Waals surface area (Å²) in [5.41, 5.74) is 1.19. The number of alkyl halides is 1. The van der Waals surface area contributed by atoms with Gasteiger partial charge < -0.3 is 5.11 Å². The van der Waals surface area contributed by atoms with E-state index in [0.717, 1.165) is 5.56 Å². The predicted octanol–water partition coefficient (Wildman–Crippen LogP) is 3.17. The molecule has 0 amide bonds. The van der Waals surface area contributed by atoms with Crippen LogP contribution in [-0.2, 0) is 0 Å². The Bertz CT molecular complexity index is 408. The van der Waals surface area contributed by atoms with Crippen molar-refractivity contribution in [1.29, 1.82) is 0 Å². The van der Waals surface area contributed by atoms with E-state index in [2.05, 4.69) is 22.5 Å². The minimum absolute atomic E-state index is 0.00945. The first kappa shape index (κ1) is 11.7. The number of halogens is 1. The summed E-state index contributed by atoms with van der Waals surface area (Å²) in [6.45, 7) is 3.56. The highest BCUT2D eigenvalue weighted by Gasteiger charge is 2.09. The molecule has 15 heavy (non-hydrogen) atoms. The fourth-order valence-corrected chi connectivity index (χ4v) is 1.43. The van der Waals surface area contributed by atoms with Gasteiger partial charge in [0.2, 0.25) is 0 Å². The van der Waals surface area contributed by atoms with Gasteiger partial charge in [-0.1, -0.05) is 46.8 Å². The molecule has 0 saturated heterocycles. The van der Waals surface area contributed by atoms with Gasteiger partial charge in [-0.15, -0.1) is 0 Å². The number of ketones is 1. The smallest absolute Gasteiger partial charge is 0.177 e. The molecule has 0 spiro atoms. The van der Waals surface area contributed by atoms with Crippen LogP contribution in [0.15, 0.2) is 36.9 Å². The molecular weight excluding hydrogens is 256 g/mol. The van der Waals surface area contributed by atoms with E-state index < -0.39 is 0 Å². The van der Waals surface area contributed by atoms with Gasteiger partial charge >= 0.3 is 0 Å². The number of rotatable bonds is 4. The molecule has 0 heterocycles. The molecular formula is C12H11BrO2. The highest BCUT2D eigenvalue weighted by Crippen LogP contribution is 2.20. The molecule has 0 aromatic heterocycles. The summed E-state index contributed by atoms with van der Waals surface area (Å²) in [6, 6.07) is 4.90. The normalized spacial score (nSPS) is 10.5. The molecule has 1 aromatic carbocycles. The average molecular weight is 267 g/mol. The van der Waals surface area contributed by atoms with Crippen molar-refractivity contribution in [3.63, 3.8) is 0 Å². The van der Waals surface area contributed by atoms with Crippen LogP contribution in [0.2, 0.25) is 0 Å². The lowest BCUT2D eigenvalue weighted by molar-refractivity contribution is 0.102. The van der Waals surface area contributed by atoms with Crippen molar-refractivity contribution in [3.8, 4) is 5.75 Å². The third-order valence-electron chi connectivity index (χ3n) is 1.87. The SMILES string of the molecule is C=C/C=C/c1ccc(O)c(C(=O)CBr)c1. The number of phenolic OH excluding ortho intramolecular Hbond substituents is 1. The highest BCUT2D eigenvalue weighted by atomic mass is 79.9. The van der Waals surface area contributed by atoms with E-state index in [1.54, 1.807) is 24.3 Å². The van der Waals surface area contributed by atoms with Gasteiger partial charge in [0.15, 0.2) is 5.78 Å². The number of Topliss-reactive ketones (excluding diaryl/α,β-unsaturated/α-hetero) is 1. The first-order chi connectivity index (χ1) is 7.19. The molecule has 0 unspecified atom stereocenters. The van der Waals surface area contributed by atoms with E-state index >= 15 is 0 Å². The van der Waals surface area contributed by atoms with E-state index in [0.29, 0.717) is 5.56 Å². The van der Waals surface area contributed by atoms with Gasteiger partial charge in [0.1, 0.15) is 5.75 Å². The Morgan fingerprint density at radius 3 is 2.87 bits per heavy atom. The van der Waals surface area contributed by atoms with Crippen LogP contribution in [0.25, 0.3) is 6.08 Å². The van der Waals surface area contributed by atoms with Crippen molar-refractivity contribution in [2.45, 2.75) is 0 Å². The van der Waals surface area contributed by atoms with E-state index in [4.69, 9.17) is 0 Å². The van der Waals surface area contributed by atoms with Crippen LogP contribution in [0.5, 0.6) is 5.75 Å². The van der Waals surface area contributed by atoms with E-state index in [1.807, 2.05) is 6.08 Å². The van der Waals surface area contributed by atoms with Gasteiger partial charge in [0, 0.05) is 0 Å². The molecule has 78 valence electrons. The molecule has 0 bridgehead atoms. The molecule has 2 nitrogen and oxygen atoms in total. The summed E-state index contributed by atoms with van der Waals surface area (Å²) in [6.07, 6.45) is 5.24. The Labute approximate surface area is 97.1 Å². The summed E-state index contributed by atoms with van der Waals surface area (Å²) in [5, 5.41) is 9.68. The highest BCUT2D eigenvalue weighted by molar-refractivity contribution is 9.09. The van der Waals surface area contributed by atoms with Gasteiger partial charge in [0.25, 0.3) is 0 Å². The molecule has 1 N–H and O–H groups in total. The van der Waals surface area contributed by atoms with Crippen molar-refractivity contribution in [1.82, 2.24) is 0 Å². The standard InChI is InChI=1S/C12H11BrO2/c1-2-3-4-9-5-6-11(14)10(7-9)12(15)8-13/h2-7,14H,1,8H2/b4-3+. The van der Waals surface area contributed by atoms with E-state index in [9.17, 15) is 9.90 Å². The number of carbonyl (C=O) groups is 1. The molecule has 0 radical (unpaired) electrons. The van der Waals surface area contributed by atoms with Crippen molar-refractivity contribution in [3.05, 3.63) is 48.1 Å². The van der Waals surface area contributed by atoms with Crippen LogP contribution in [0, 0.1) is 0 Å². The summed E-state index contributed by atoms with van der Waals surface area (Å²) < 4.78 is 0. The van der Waals surface area contributed by atoms with Gasteiger partial charge in [0.05, 0.1) is 10.9 Å². The second kappa shape index (κ2) is 5.51. The monoisotopic (exact) mass is 266 g/mol. The van der Waals surface area contributed by atoms with Crippen LogP contribution in [0.4, 0.5) is 0 Å². The molecule has 3 heteroatoms. The van der Waals surface area contributed by atoms with Crippen molar-refractivity contribution < 1.29 is 9.90 Å². The minimum atomic E-state index is -0.138. The summed E-state index contributed by atoms with van der Waals surface area (Å²) >= 11 is 3.07. The third kappa shape index (κ3) is 3.06. The van der Waals surface area contributed by atoms with Gasteiger partial charge in [-0.25, -0.2) is 0 Å². The van der Waals surface area contributed by atoms with E-state index in [-0.39, 0.29) is 16.9 Å². The van der Waals surface area contributed by atoms with Crippen LogP contribution < -0.4 is 0 Å². The van der Waals surface area contributed by atoms with Crippen molar-refractivity contribution >= 4 is 27.8 Å². The largest absolute Gasteiger partial charge is 0.507 e. The lowest BCUT2D eigenvalue weighted by Crippen LogP contribution is -2.00. The Morgan fingerprint density at radius 1 is 1.53 bits per heavy atom. The number of carbonyl (C=O) groups excluding carboxylic acids is 1. The van der Waals surface area contributed by atoms with E-state index in [1.165, 1.54) is 6.07 Å². The molecule has 0 aliphatic carbocycles. The molecule has 1 rings (SSSR count). The summed E-state index contributed by atoms with van der Waals surface area (Å²) in [7, 11) is 0. The van der Waals surface area contributed by atoms with Gasteiger partial charge in [-0.2, -0.15) is 0 Å². The fraction of sp³-hybridized carbons (Fsp3) is 0.0833. The minimum Gasteiger partial charge on any atom is -0.507 e. The number of allylic oxidation sites excluding steroid dienone is 2. The maximum absolute atomic E-state index is 11.4. The number of aromatic hydroxyl groups is 1. The number of hydrogen-bond acceptors (Lipinski definition) is 2. The number of benzene rings is 1. The first-order valence-electron chi connectivity index (χ1n) is 4.40. The Morgan fingerprint density at radius 2 is 2.27 bits per heavy atom. The Balaban J connectivity index is 3.10. The molecule has 0 saturated carbocycles. The van der Waals surface area contributed by atoms with Crippen molar-refractivity contribution in [2.75, 3.05) is 5.33 Å². The Kier molecular flexibility index (Phi) is 4.31. The second-order valence-electron chi connectivity index (χ2n) is 2.93. The van der Waals surface area contributed by atoms with Crippen LogP contribution in [-0.4, -0.2) is 16.2 Å². The zero-order chi connectivity index (χ0) is 11.3. The third-order valence-corrected chi connectivity index (χ3v) is 2.38. The quantitative estimate of drug-likeness (QED) is 0.517. The van der Waals surface area contributed by atoms with Gasteiger partial charge in [-0.05, 0) is 17.7 Å². The van der Waals surface area contributed by atoms with Crippen LogP contribution in [0.1, 0.15) is 15.9 Å². The van der Waals surface area contributed by atoms with Crippen LogP contribution >= 0.6 is 15.9 Å². The molecule has 0 aliphatic heterocycles. The zero-order valence-electron chi connectivity index (χ0n) is 8.11. The van der Waals surface area contributed by atoms with Crippen molar-refractivity contribution in [2.24, 2.45) is 0 Å². The van der Waals surface area contributed by atoms with Gasteiger partial charge in [-0.3, -0.25) is 4.79 Å². The maximum Gasteiger partial charge on any atom is 0.177 e.